The Morgan fingerprint density at radius 1 is 1.07 bits per heavy atom. The molecule has 56 heavy (non-hydrogen) atoms. The van der Waals surface area contributed by atoms with Crippen LogP contribution in [-0.4, -0.2) is 112 Å². The van der Waals surface area contributed by atoms with Crippen LogP contribution >= 0.6 is 0 Å². The Morgan fingerprint density at radius 3 is 2.48 bits per heavy atom. The third-order valence-electron chi connectivity index (χ3n) is 9.81. The zero-order valence-corrected chi connectivity index (χ0v) is 30.4. The number of nitrogens with zero attached hydrogens (tertiary/aromatic N) is 2. The molecule has 1 fully saturated rings. The smallest absolute Gasteiger partial charge is 0.334 e. The van der Waals surface area contributed by atoms with E-state index in [2.05, 4.69) is 10.3 Å². The second kappa shape index (κ2) is 15.3. The highest BCUT2D eigenvalue weighted by atomic mass is 16.8. The summed E-state index contributed by atoms with van der Waals surface area (Å²) < 4.78 is 23.4. The van der Waals surface area contributed by atoms with Gasteiger partial charge in [-0.15, -0.1) is 0 Å². The molecule has 3 aliphatic heterocycles. The fourth-order valence-electron chi connectivity index (χ4n) is 7.01. The van der Waals surface area contributed by atoms with Gasteiger partial charge in [-0.2, -0.15) is 0 Å². The molecule has 0 unspecified atom stereocenters. The van der Waals surface area contributed by atoms with Gasteiger partial charge in [0.05, 0.1) is 35.5 Å². The molecule has 1 saturated heterocycles. The molecule has 0 aliphatic carbocycles. The minimum atomic E-state index is -2.54. The second-order valence-electron chi connectivity index (χ2n) is 13.7. The Kier molecular flexibility index (Phi) is 10.5. The highest BCUT2D eigenvalue weighted by molar-refractivity contribution is 5.98. The molecule has 3 aliphatic rings. The molecule has 3 aromatic carbocycles. The first kappa shape index (κ1) is 38.4. The van der Waals surface area contributed by atoms with Crippen molar-refractivity contribution in [3.63, 3.8) is 0 Å². The van der Waals surface area contributed by atoms with Crippen LogP contribution in [0.3, 0.4) is 0 Å². The van der Waals surface area contributed by atoms with E-state index >= 15 is 0 Å². The number of aryl methyl sites for hydroxylation is 2. The van der Waals surface area contributed by atoms with Gasteiger partial charge in [0.2, 0.25) is 12.3 Å². The van der Waals surface area contributed by atoms with Crippen LogP contribution in [0.5, 0.6) is 11.5 Å². The van der Waals surface area contributed by atoms with Crippen molar-refractivity contribution in [2.45, 2.75) is 50.1 Å². The summed E-state index contributed by atoms with van der Waals surface area (Å²) in [4.78, 5) is 48.7. The van der Waals surface area contributed by atoms with Gasteiger partial charge in [0, 0.05) is 23.4 Å². The van der Waals surface area contributed by atoms with Crippen molar-refractivity contribution in [1.29, 1.82) is 0 Å². The first-order chi connectivity index (χ1) is 26.8. The molecular weight excluding hydrogens is 730 g/mol. The number of carbonyl (C=O) groups is 2. The molecule has 7 rings (SSSR count). The zero-order valence-electron chi connectivity index (χ0n) is 30.4. The Bertz CT molecular complexity index is 2320. The van der Waals surface area contributed by atoms with Gasteiger partial charge in [0.25, 0.3) is 0 Å². The number of aliphatic imine (C=N–C) groups is 1. The van der Waals surface area contributed by atoms with Gasteiger partial charge in [-0.3, -0.25) is 19.9 Å². The third kappa shape index (κ3) is 7.16. The quantitative estimate of drug-likeness (QED) is 0.0896. The van der Waals surface area contributed by atoms with Crippen molar-refractivity contribution in [2.24, 2.45) is 4.99 Å². The van der Waals surface area contributed by atoms with Crippen LogP contribution < -0.4 is 15.5 Å². The van der Waals surface area contributed by atoms with Crippen molar-refractivity contribution in [2.75, 3.05) is 26.8 Å². The number of hydrogen-bond donors (Lipinski definition) is 6. The van der Waals surface area contributed by atoms with E-state index in [0.717, 1.165) is 22.3 Å². The normalized spacial score (nSPS) is 23.6. The number of likely N-dealkylation sites (N-methyl/N-ethyl adjacent to an activating group) is 1. The van der Waals surface area contributed by atoms with Gasteiger partial charge in [0.1, 0.15) is 42.2 Å². The van der Waals surface area contributed by atoms with E-state index in [9.17, 15) is 39.9 Å². The summed E-state index contributed by atoms with van der Waals surface area (Å²) >= 11 is 0. The summed E-state index contributed by atoms with van der Waals surface area (Å²) in [6.07, 6.45) is -2.11. The molecule has 0 spiro atoms. The lowest BCUT2D eigenvalue weighted by molar-refractivity contribution is -0.359. The van der Waals surface area contributed by atoms with E-state index in [1.54, 1.807) is 18.3 Å². The molecule has 16 nitrogen and oxygen atoms in total. The second-order valence-corrected chi connectivity index (χ2v) is 13.7. The Balaban J connectivity index is 1.24. The molecule has 0 saturated carbocycles. The van der Waals surface area contributed by atoms with Gasteiger partial charge in [-0.1, -0.05) is 29.3 Å². The summed E-state index contributed by atoms with van der Waals surface area (Å²) in [6, 6.07) is 14.5. The maximum absolute atomic E-state index is 13.5. The van der Waals surface area contributed by atoms with Crippen LogP contribution in [0.4, 0.5) is 0 Å². The van der Waals surface area contributed by atoms with E-state index in [0.29, 0.717) is 17.0 Å². The van der Waals surface area contributed by atoms with Crippen LogP contribution in [0.25, 0.3) is 27.8 Å². The number of carboxylic acid groups (broad SMARTS) is 1. The van der Waals surface area contributed by atoms with E-state index in [1.165, 1.54) is 48.7 Å². The molecule has 6 atom stereocenters. The maximum Gasteiger partial charge on any atom is 0.334 e. The number of aliphatic hydroxyl groups excluding tert-OH is 2. The fraction of sp³-hybridized carbons (Fsp3) is 0.300. The predicted octanol–water partition coefficient (Wildman–Crippen LogP) is 2.18. The van der Waals surface area contributed by atoms with E-state index in [4.69, 9.17) is 23.5 Å². The lowest BCUT2D eigenvalue weighted by Crippen LogP contribution is -2.71. The van der Waals surface area contributed by atoms with Crippen molar-refractivity contribution >= 4 is 34.8 Å². The number of aliphatic hydroxyl groups is 3. The number of rotatable bonds is 12. The number of benzene rings is 3. The number of aromatic hydroxyl groups is 1. The number of esters is 1. The van der Waals surface area contributed by atoms with Crippen molar-refractivity contribution < 1.29 is 58.6 Å². The van der Waals surface area contributed by atoms with Crippen LogP contribution in [0.2, 0.25) is 0 Å². The monoisotopic (exact) mass is 769 g/mol. The Hall–Kier alpha value is -5.88. The molecular formula is C40H39N3O13. The first-order valence-corrected chi connectivity index (χ1v) is 17.6. The van der Waals surface area contributed by atoms with E-state index < -0.39 is 61.4 Å². The standard InChI is InChI=1S/C40H39N3O13/c1-20-12-21(2)14-24(13-20)33-31-23(10-11-42-31)16-43(33)56-36-39(55-30(35(47)40(36,51)19-44)18-53-38(50)32(41-3)37(48)49)54-26-8-9-27-29(15-26)52-17-28(34(27)46)22-4-6-25(45)7-5-22/h4-15,17,30,32,35-36,39,41,44-45,47,51H,16,18-19H2,1-3H3,(H,48,49)/t30-,32+,35-,36+,39-,40+/m0/s1. The molecule has 16 heteroatoms. The lowest BCUT2D eigenvalue weighted by atomic mass is 9.84. The molecule has 4 heterocycles. The molecule has 1 aromatic heterocycles. The fourth-order valence-corrected chi connectivity index (χ4v) is 7.01. The van der Waals surface area contributed by atoms with Crippen LogP contribution in [0.15, 0.2) is 98.5 Å². The number of aliphatic carboxylic acids is 1. The average molecular weight is 770 g/mol. The number of fused-ring (bicyclic) bond motifs is 2. The van der Waals surface area contributed by atoms with Crippen LogP contribution in [0, 0.1) is 13.8 Å². The topological polar surface area (TPSA) is 230 Å². The highest BCUT2D eigenvalue weighted by Gasteiger charge is 2.59. The SMILES string of the molecule is CN[C@H](C(=O)O)C(=O)OC[C@@H]1O[C@H](Oc2ccc3c(=O)c(-c4ccc(O)cc4)coc3c2)[C@@H](ON2CC3=CC=NC3=C2c2cc(C)cc(C)c2)[C@@](O)(CO)[C@H]1O. The van der Waals surface area contributed by atoms with Crippen molar-refractivity contribution in [3.05, 3.63) is 111 Å². The number of hydroxylamine groups is 2. The van der Waals surface area contributed by atoms with E-state index in [1.807, 2.05) is 38.1 Å². The van der Waals surface area contributed by atoms with Crippen molar-refractivity contribution in [1.82, 2.24) is 10.4 Å². The average Bonchev–Trinajstić information content (AvgIpc) is 3.75. The van der Waals surface area contributed by atoms with Gasteiger partial charge in [0.15, 0.2) is 17.1 Å². The predicted molar refractivity (Wildman–Crippen MR) is 199 cm³/mol. The lowest BCUT2D eigenvalue weighted by Gasteiger charge is -2.49. The van der Waals surface area contributed by atoms with Crippen LogP contribution in [-0.2, 0) is 23.9 Å². The molecule has 4 aromatic rings. The number of carbonyl (C=O) groups excluding carboxylic acids is 1. The third-order valence-corrected chi connectivity index (χ3v) is 9.81. The number of allylic oxidation sites excluding steroid dienone is 1. The molecule has 6 N–H and O–H groups in total. The van der Waals surface area contributed by atoms with Gasteiger partial charge < -0.3 is 44.2 Å². The van der Waals surface area contributed by atoms with Crippen LogP contribution in [0.1, 0.15) is 16.7 Å². The molecule has 0 radical (unpaired) electrons. The number of nitrogens with one attached hydrogen (secondary N) is 1. The van der Waals surface area contributed by atoms with Gasteiger partial charge in [-0.05, 0) is 68.9 Å². The molecule has 0 bridgehead atoms. The van der Waals surface area contributed by atoms with E-state index in [-0.39, 0.29) is 40.0 Å². The van der Waals surface area contributed by atoms with Gasteiger partial charge in [-0.25, -0.2) is 14.7 Å². The molecule has 292 valence electrons. The summed E-state index contributed by atoms with van der Waals surface area (Å²) in [5.41, 5.74) is 2.66. The zero-order chi connectivity index (χ0) is 39.9. The highest BCUT2D eigenvalue weighted by Crippen LogP contribution is 2.42. The summed E-state index contributed by atoms with van der Waals surface area (Å²) in [6.45, 7) is 2.20. The first-order valence-electron chi connectivity index (χ1n) is 17.6. The number of ether oxygens (including phenoxy) is 3. The van der Waals surface area contributed by atoms with Crippen molar-refractivity contribution in [3.8, 4) is 22.6 Å². The number of phenols is 1. The largest absolute Gasteiger partial charge is 0.508 e. The Labute approximate surface area is 319 Å². The minimum Gasteiger partial charge on any atom is -0.508 e. The number of hydrogen-bond acceptors (Lipinski definition) is 15. The minimum absolute atomic E-state index is 0.0349. The summed E-state index contributed by atoms with van der Waals surface area (Å²) in [5.74, 6) is -2.61. The maximum atomic E-state index is 13.5. The summed E-state index contributed by atoms with van der Waals surface area (Å²) in [5, 5.41) is 57.4. The Morgan fingerprint density at radius 2 is 1.80 bits per heavy atom. The molecule has 0 amide bonds. The number of carboxylic acids is 1. The summed E-state index contributed by atoms with van der Waals surface area (Å²) in [7, 11) is 1.25. The van der Waals surface area contributed by atoms with Gasteiger partial charge >= 0.3 is 11.9 Å². The number of phenolic OH excluding ortho intramolecular Hbond substituents is 1.